The fraction of sp³-hybridized carbons (Fsp3) is 0.259. The molecular weight excluding hydrogens is 414 g/mol. The predicted octanol–water partition coefficient (Wildman–Crippen LogP) is 4.55. The first kappa shape index (κ1) is 22.4. The van der Waals surface area contributed by atoms with Crippen molar-refractivity contribution in [2.24, 2.45) is 0 Å². The van der Waals surface area contributed by atoms with Crippen LogP contribution in [-0.2, 0) is 30.7 Å². The Hall–Kier alpha value is -3.80. The lowest BCUT2D eigenvalue weighted by Gasteiger charge is -2.11. The Morgan fingerprint density at radius 2 is 1.64 bits per heavy atom. The number of amides is 1. The summed E-state index contributed by atoms with van der Waals surface area (Å²) in [7, 11) is 3.22. The number of aryl methyl sites for hydroxylation is 3. The van der Waals surface area contributed by atoms with Gasteiger partial charge in [0.15, 0.2) is 11.5 Å². The average molecular weight is 444 g/mol. The summed E-state index contributed by atoms with van der Waals surface area (Å²) in [6.45, 7) is 1.20. The number of rotatable bonds is 10. The molecule has 0 spiro atoms. The van der Waals surface area contributed by atoms with Crippen LogP contribution in [0.4, 0.5) is 0 Å². The lowest BCUT2D eigenvalue weighted by Crippen LogP contribution is -2.25. The SMILES string of the molecule is COc1ccc(CCC(=O)NCc2nc3ccccc3n2CCc2ccccc2)cc1OC. The highest BCUT2D eigenvalue weighted by atomic mass is 16.5. The largest absolute Gasteiger partial charge is 0.493 e. The van der Waals surface area contributed by atoms with E-state index in [0.29, 0.717) is 30.9 Å². The van der Waals surface area contributed by atoms with Crippen LogP contribution in [0.15, 0.2) is 72.8 Å². The molecule has 0 radical (unpaired) electrons. The Labute approximate surface area is 194 Å². The zero-order chi connectivity index (χ0) is 23.0. The van der Waals surface area contributed by atoms with Crippen molar-refractivity contribution >= 4 is 16.9 Å². The van der Waals surface area contributed by atoms with Crippen LogP contribution in [0.5, 0.6) is 11.5 Å². The summed E-state index contributed by atoms with van der Waals surface area (Å²) in [5.74, 6) is 2.21. The van der Waals surface area contributed by atoms with Crippen LogP contribution in [0, 0.1) is 0 Å². The monoisotopic (exact) mass is 443 g/mol. The van der Waals surface area contributed by atoms with Gasteiger partial charge in [-0.15, -0.1) is 0 Å². The maximum atomic E-state index is 12.6. The van der Waals surface area contributed by atoms with E-state index < -0.39 is 0 Å². The second kappa shape index (κ2) is 10.7. The summed E-state index contributed by atoms with van der Waals surface area (Å²) >= 11 is 0. The van der Waals surface area contributed by atoms with Gasteiger partial charge in [-0.2, -0.15) is 0 Å². The number of nitrogens with zero attached hydrogens (tertiary/aromatic N) is 2. The summed E-state index contributed by atoms with van der Waals surface area (Å²) in [5.41, 5.74) is 4.33. The minimum atomic E-state index is -0.00792. The molecule has 0 bridgehead atoms. The van der Waals surface area contributed by atoms with Crippen molar-refractivity contribution in [3.8, 4) is 11.5 Å². The van der Waals surface area contributed by atoms with Crippen LogP contribution in [0.25, 0.3) is 11.0 Å². The number of hydrogen-bond donors (Lipinski definition) is 1. The second-order valence-electron chi connectivity index (χ2n) is 7.87. The highest BCUT2D eigenvalue weighted by Gasteiger charge is 2.12. The van der Waals surface area contributed by atoms with Gasteiger partial charge in [-0.25, -0.2) is 4.98 Å². The first-order valence-electron chi connectivity index (χ1n) is 11.1. The molecule has 0 saturated carbocycles. The Balaban J connectivity index is 1.39. The molecule has 3 aromatic carbocycles. The van der Waals surface area contributed by atoms with E-state index in [4.69, 9.17) is 14.5 Å². The molecule has 0 atom stereocenters. The summed E-state index contributed by atoms with van der Waals surface area (Å²) < 4.78 is 12.8. The van der Waals surface area contributed by atoms with Crippen molar-refractivity contribution in [1.82, 2.24) is 14.9 Å². The topological polar surface area (TPSA) is 65.4 Å². The molecule has 4 rings (SSSR count). The molecule has 6 heteroatoms. The number of benzene rings is 3. The molecule has 6 nitrogen and oxygen atoms in total. The Morgan fingerprint density at radius 1 is 0.879 bits per heavy atom. The lowest BCUT2D eigenvalue weighted by atomic mass is 10.1. The van der Waals surface area contributed by atoms with E-state index in [-0.39, 0.29) is 5.91 Å². The fourth-order valence-corrected chi connectivity index (χ4v) is 3.96. The Bertz CT molecular complexity index is 1220. The maximum absolute atomic E-state index is 12.6. The van der Waals surface area contributed by atoms with Crippen molar-refractivity contribution in [2.45, 2.75) is 32.4 Å². The number of carbonyl (C=O) groups is 1. The van der Waals surface area contributed by atoms with E-state index in [2.05, 4.69) is 40.2 Å². The van der Waals surface area contributed by atoms with Gasteiger partial charge in [-0.1, -0.05) is 48.5 Å². The third kappa shape index (κ3) is 5.52. The number of para-hydroxylation sites is 2. The van der Waals surface area contributed by atoms with Crippen LogP contribution >= 0.6 is 0 Å². The fourth-order valence-electron chi connectivity index (χ4n) is 3.96. The van der Waals surface area contributed by atoms with E-state index in [1.54, 1.807) is 14.2 Å². The first-order valence-corrected chi connectivity index (χ1v) is 11.1. The van der Waals surface area contributed by atoms with Gasteiger partial charge in [0.2, 0.25) is 5.91 Å². The van der Waals surface area contributed by atoms with Gasteiger partial charge in [0.1, 0.15) is 5.82 Å². The third-order valence-electron chi connectivity index (χ3n) is 5.73. The zero-order valence-electron chi connectivity index (χ0n) is 19.1. The number of aromatic nitrogens is 2. The van der Waals surface area contributed by atoms with Crippen LogP contribution in [-0.4, -0.2) is 29.7 Å². The summed E-state index contributed by atoms with van der Waals surface area (Å²) in [4.78, 5) is 17.3. The summed E-state index contributed by atoms with van der Waals surface area (Å²) in [6, 6.07) is 24.2. The van der Waals surface area contributed by atoms with Gasteiger partial charge in [0, 0.05) is 13.0 Å². The molecule has 1 amide bonds. The van der Waals surface area contributed by atoms with Crippen molar-refractivity contribution in [3.05, 3.63) is 89.7 Å². The van der Waals surface area contributed by atoms with Crippen molar-refractivity contribution < 1.29 is 14.3 Å². The third-order valence-corrected chi connectivity index (χ3v) is 5.73. The van der Waals surface area contributed by atoms with E-state index in [9.17, 15) is 4.79 Å². The number of imidazole rings is 1. The number of fused-ring (bicyclic) bond motifs is 1. The molecule has 0 aliphatic rings. The first-order chi connectivity index (χ1) is 16.2. The Kier molecular flexibility index (Phi) is 7.25. The molecule has 1 N–H and O–H groups in total. The summed E-state index contributed by atoms with van der Waals surface area (Å²) in [5, 5.41) is 3.04. The predicted molar refractivity (Wildman–Crippen MR) is 130 cm³/mol. The highest BCUT2D eigenvalue weighted by Crippen LogP contribution is 2.28. The van der Waals surface area contributed by atoms with Crippen LogP contribution < -0.4 is 14.8 Å². The molecule has 0 aliphatic carbocycles. The highest BCUT2D eigenvalue weighted by molar-refractivity contribution is 5.77. The number of ether oxygens (including phenoxy) is 2. The van der Waals surface area contributed by atoms with Gasteiger partial charge in [0.25, 0.3) is 0 Å². The molecule has 4 aromatic rings. The molecule has 0 unspecified atom stereocenters. The van der Waals surface area contributed by atoms with Crippen molar-refractivity contribution in [3.63, 3.8) is 0 Å². The van der Waals surface area contributed by atoms with E-state index in [0.717, 1.165) is 35.4 Å². The Morgan fingerprint density at radius 3 is 2.42 bits per heavy atom. The summed E-state index contributed by atoms with van der Waals surface area (Å²) in [6.07, 6.45) is 1.91. The number of carbonyl (C=O) groups excluding carboxylic acids is 1. The zero-order valence-corrected chi connectivity index (χ0v) is 19.1. The molecular formula is C27H29N3O3. The number of methoxy groups -OCH3 is 2. The number of nitrogens with one attached hydrogen (secondary N) is 1. The maximum Gasteiger partial charge on any atom is 0.220 e. The van der Waals surface area contributed by atoms with Gasteiger partial charge >= 0.3 is 0 Å². The van der Waals surface area contributed by atoms with Crippen molar-refractivity contribution in [2.75, 3.05) is 14.2 Å². The molecule has 0 aliphatic heterocycles. The van der Waals surface area contributed by atoms with Gasteiger partial charge in [-0.05, 0) is 48.2 Å². The molecule has 0 saturated heterocycles. The lowest BCUT2D eigenvalue weighted by molar-refractivity contribution is -0.121. The average Bonchev–Trinajstić information content (AvgIpc) is 3.22. The van der Waals surface area contributed by atoms with Gasteiger partial charge < -0.3 is 19.4 Å². The molecule has 1 aromatic heterocycles. The minimum absolute atomic E-state index is 0.00792. The van der Waals surface area contributed by atoms with Crippen LogP contribution in [0.1, 0.15) is 23.4 Å². The van der Waals surface area contributed by atoms with Gasteiger partial charge in [-0.3, -0.25) is 4.79 Å². The van der Waals surface area contributed by atoms with Crippen LogP contribution in [0.3, 0.4) is 0 Å². The van der Waals surface area contributed by atoms with Crippen LogP contribution in [0.2, 0.25) is 0 Å². The number of hydrogen-bond acceptors (Lipinski definition) is 4. The van der Waals surface area contributed by atoms with E-state index in [1.165, 1.54) is 5.56 Å². The standard InChI is InChI=1S/C27H29N3O3/c1-32-24-14-12-21(18-25(24)33-2)13-15-27(31)28-19-26-29-22-10-6-7-11-23(22)30(26)17-16-20-8-4-3-5-9-20/h3-12,14,18H,13,15-17,19H2,1-2H3,(H,28,31). The van der Waals surface area contributed by atoms with E-state index in [1.807, 2.05) is 42.5 Å². The molecule has 170 valence electrons. The molecule has 33 heavy (non-hydrogen) atoms. The van der Waals surface area contributed by atoms with E-state index >= 15 is 0 Å². The minimum Gasteiger partial charge on any atom is -0.493 e. The van der Waals surface area contributed by atoms with Crippen molar-refractivity contribution in [1.29, 1.82) is 0 Å². The normalized spacial score (nSPS) is 10.8. The molecule has 0 fully saturated rings. The molecule has 1 heterocycles. The quantitative estimate of drug-likeness (QED) is 0.391. The van der Waals surface area contributed by atoms with Gasteiger partial charge in [0.05, 0.1) is 31.8 Å². The second-order valence-corrected chi connectivity index (χ2v) is 7.87. The smallest absolute Gasteiger partial charge is 0.220 e.